The van der Waals surface area contributed by atoms with Crippen molar-refractivity contribution in [3.63, 3.8) is 0 Å². The van der Waals surface area contributed by atoms with Crippen molar-refractivity contribution in [1.29, 1.82) is 0 Å². The van der Waals surface area contributed by atoms with Crippen LogP contribution in [0.5, 0.6) is 0 Å². The van der Waals surface area contributed by atoms with E-state index in [1.807, 2.05) is 0 Å². The van der Waals surface area contributed by atoms with Gasteiger partial charge in [-0.1, -0.05) is 0 Å². The van der Waals surface area contributed by atoms with E-state index in [2.05, 4.69) is 36.7 Å². The molecule has 0 aliphatic carbocycles. The number of hydrogen-bond acceptors (Lipinski definition) is 5. The monoisotopic (exact) mass is 398 g/mol. The fraction of sp³-hybridized carbons (Fsp3) is 0.556. The molecule has 0 spiro atoms. The number of sulfonamides is 1. The molecule has 0 aliphatic heterocycles. The Morgan fingerprint density at radius 2 is 1.67 bits per heavy atom. The summed E-state index contributed by atoms with van der Waals surface area (Å²) in [5, 5.41) is 8.61. The standard InChI is InChI=1S/C18H30N4O4S/c1-14(23)21-15-7-9-16(10-8-15)27(25,26)22(5)13-17(24)19-11-6-12-20-18(2,3)4/h7-10,20H,6,11-13H2,1-5H3,(H,19,24)(H,21,23). The fourth-order valence-electron chi connectivity index (χ4n) is 2.22. The van der Waals surface area contributed by atoms with Crippen molar-refractivity contribution in [1.82, 2.24) is 14.9 Å². The minimum atomic E-state index is -3.79. The molecule has 1 aromatic rings. The third kappa shape index (κ3) is 8.51. The van der Waals surface area contributed by atoms with Crippen LogP contribution in [0.15, 0.2) is 29.2 Å². The molecule has 2 amide bonds. The molecule has 3 N–H and O–H groups in total. The molecule has 0 fully saturated rings. The van der Waals surface area contributed by atoms with Crippen LogP contribution >= 0.6 is 0 Å². The van der Waals surface area contributed by atoms with E-state index in [4.69, 9.17) is 0 Å². The first kappa shape index (κ1) is 23.1. The van der Waals surface area contributed by atoms with Crippen molar-refractivity contribution in [3.05, 3.63) is 24.3 Å². The predicted molar refractivity (Wildman–Crippen MR) is 106 cm³/mol. The quantitative estimate of drug-likeness (QED) is 0.541. The highest BCUT2D eigenvalue weighted by Crippen LogP contribution is 2.17. The first-order chi connectivity index (χ1) is 12.4. The molecule has 1 rings (SSSR count). The second-order valence-corrected chi connectivity index (χ2v) is 9.39. The van der Waals surface area contributed by atoms with Crippen LogP contribution in [0.4, 0.5) is 5.69 Å². The molecule has 0 saturated carbocycles. The molecule has 0 aromatic heterocycles. The van der Waals surface area contributed by atoms with Crippen LogP contribution in [-0.2, 0) is 19.6 Å². The summed E-state index contributed by atoms with van der Waals surface area (Å²) in [5.74, 6) is -0.594. The van der Waals surface area contributed by atoms with E-state index in [0.29, 0.717) is 12.2 Å². The highest BCUT2D eigenvalue weighted by atomic mass is 32.2. The first-order valence-corrected chi connectivity index (χ1v) is 10.2. The lowest BCUT2D eigenvalue weighted by Gasteiger charge is -2.20. The number of carbonyl (C=O) groups excluding carboxylic acids is 2. The second-order valence-electron chi connectivity index (χ2n) is 7.35. The topological polar surface area (TPSA) is 108 Å². The first-order valence-electron chi connectivity index (χ1n) is 8.77. The van der Waals surface area contributed by atoms with Gasteiger partial charge in [-0.3, -0.25) is 9.59 Å². The molecular weight excluding hydrogens is 368 g/mol. The van der Waals surface area contributed by atoms with Crippen LogP contribution in [-0.4, -0.2) is 56.8 Å². The lowest BCUT2D eigenvalue weighted by Crippen LogP contribution is -2.40. The third-order valence-corrected chi connectivity index (χ3v) is 5.40. The number of anilines is 1. The number of nitrogens with one attached hydrogen (secondary N) is 3. The summed E-state index contributed by atoms with van der Waals surface area (Å²) in [7, 11) is -2.43. The van der Waals surface area contributed by atoms with E-state index >= 15 is 0 Å². The molecule has 0 radical (unpaired) electrons. The van der Waals surface area contributed by atoms with Crippen molar-refractivity contribution in [2.45, 2.75) is 44.6 Å². The van der Waals surface area contributed by atoms with Gasteiger partial charge in [0.05, 0.1) is 11.4 Å². The van der Waals surface area contributed by atoms with Crippen molar-refractivity contribution in [2.75, 3.05) is 32.0 Å². The van der Waals surface area contributed by atoms with E-state index in [-0.39, 0.29) is 28.8 Å². The maximum Gasteiger partial charge on any atom is 0.243 e. The van der Waals surface area contributed by atoms with E-state index in [1.54, 1.807) is 0 Å². The third-order valence-electron chi connectivity index (χ3n) is 3.58. The fourth-order valence-corrected chi connectivity index (χ4v) is 3.34. The highest BCUT2D eigenvalue weighted by molar-refractivity contribution is 7.89. The Labute approximate surface area is 161 Å². The Kier molecular flexibility index (Phi) is 8.39. The molecule has 9 heteroatoms. The summed E-state index contributed by atoms with van der Waals surface area (Å²) in [5.41, 5.74) is 0.527. The van der Waals surface area contributed by atoms with Gasteiger partial charge >= 0.3 is 0 Å². The molecule has 0 atom stereocenters. The number of hydrogen-bond donors (Lipinski definition) is 3. The van der Waals surface area contributed by atoms with Gasteiger partial charge in [-0.25, -0.2) is 8.42 Å². The van der Waals surface area contributed by atoms with Gasteiger partial charge in [0.2, 0.25) is 21.8 Å². The van der Waals surface area contributed by atoms with Crippen LogP contribution in [0, 0.1) is 0 Å². The van der Waals surface area contributed by atoms with Gasteiger partial charge < -0.3 is 16.0 Å². The van der Waals surface area contributed by atoms with Crippen molar-refractivity contribution in [2.24, 2.45) is 0 Å². The summed E-state index contributed by atoms with van der Waals surface area (Å²) in [6, 6.07) is 5.80. The van der Waals surface area contributed by atoms with Crippen molar-refractivity contribution in [3.8, 4) is 0 Å². The average Bonchev–Trinajstić information content (AvgIpc) is 2.53. The maximum atomic E-state index is 12.5. The van der Waals surface area contributed by atoms with Crippen LogP contribution in [0.1, 0.15) is 34.1 Å². The van der Waals surface area contributed by atoms with Crippen LogP contribution in [0.2, 0.25) is 0 Å². The Balaban J connectivity index is 2.53. The minimum Gasteiger partial charge on any atom is -0.355 e. The molecule has 0 aliphatic rings. The Morgan fingerprint density at radius 1 is 1.07 bits per heavy atom. The smallest absolute Gasteiger partial charge is 0.243 e. The molecule has 0 saturated heterocycles. The van der Waals surface area contributed by atoms with Crippen molar-refractivity contribution >= 4 is 27.5 Å². The SMILES string of the molecule is CC(=O)Nc1ccc(S(=O)(=O)N(C)CC(=O)NCCCNC(C)(C)C)cc1. The van der Waals surface area contributed by atoms with Gasteiger partial charge in [-0.15, -0.1) is 0 Å². The second kappa shape index (κ2) is 9.82. The van der Waals surface area contributed by atoms with Crippen LogP contribution in [0.25, 0.3) is 0 Å². The molecule has 8 nitrogen and oxygen atoms in total. The summed E-state index contributed by atoms with van der Waals surface area (Å²) < 4.78 is 26.1. The predicted octanol–water partition coefficient (Wildman–Crippen LogP) is 1.16. The van der Waals surface area contributed by atoms with E-state index < -0.39 is 10.0 Å². The van der Waals surface area contributed by atoms with Gasteiger partial charge in [0.15, 0.2) is 0 Å². The molecule has 0 unspecified atom stereocenters. The Morgan fingerprint density at radius 3 is 2.19 bits per heavy atom. The normalized spacial score (nSPS) is 12.1. The van der Waals surface area contributed by atoms with E-state index in [1.165, 1.54) is 38.2 Å². The molecule has 27 heavy (non-hydrogen) atoms. The summed E-state index contributed by atoms with van der Waals surface area (Å²) in [6.07, 6.45) is 0.754. The van der Waals surface area contributed by atoms with E-state index in [0.717, 1.165) is 17.3 Å². The average molecular weight is 399 g/mol. The van der Waals surface area contributed by atoms with Gasteiger partial charge in [-0.2, -0.15) is 4.31 Å². The Bertz CT molecular complexity index is 740. The molecule has 1 aromatic carbocycles. The number of amides is 2. The summed E-state index contributed by atoms with van der Waals surface area (Å²) >= 11 is 0. The summed E-state index contributed by atoms with van der Waals surface area (Å²) in [6.45, 7) is 8.54. The zero-order chi connectivity index (χ0) is 20.7. The van der Waals surface area contributed by atoms with E-state index in [9.17, 15) is 18.0 Å². The number of likely N-dealkylation sites (N-methyl/N-ethyl adjacent to an activating group) is 1. The molecular formula is C18H30N4O4S. The number of rotatable bonds is 9. The highest BCUT2D eigenvalue weighted by Gasteiger charge is 2.22. The molecule has 0 heterocycles. The van der Waals surface area contributed by atoms with Gasteiger partial charge in [-0.05, 0) is 58.0 Å². The van der Waals surface area contributed by atoms with Gasteiger partial charge in [0, 0.05) is 31.7 Å². The molecule has 152 valence electrons. The van der Waals surface area contributed by atoms with Gasteiger partial charge in [0.25, 0.3) is 0 Å². The zero-order valence-electron chi connectivity index (χ0n) is 16.6. The number of benzene rings is 1. The zero-order valence-corrected chi connectivity index (χ0v) is 17.4. The number of carbonyl (C=O) groups is 2. The maximum absolute atomic E-state index is 12.5. The number of nitrogens with zero attached hydrogens (tertiary/aromatic N) is 1. The summed E-state index contributed by atoms with van der Waals surface area (Å²) in [4.78, 5) is 23.1. The minimum absolute atomic E-state index is 0.0216. The van der Waals surface area contributed by atoms with Crippen LogP contribution in [0.3, 0.4) is 0 Å². The lowest BCUT2D eigenvalue weighted by atomic mass is 10.1. The van der Waals surface area contributed by atoms with Gasteiger partial charge in [0.1, 0.15) is 0 Å². The van der Waals surface area contributed by atoms with Crippen molar-refractivity contribution < 1.29 is 18.0 Å². The molecule has 0 bridgehead atoms. The largest absolute Gasteiger partial charge is 0.355 e. The lowest BCUT2D eigenvalue weighted by molar-refractivity contribution is -0.121. The van der Waals surface area contributed by atoms with Crippen LogP contribution < -0.4 is 16.0 Å². The Hall–Kier alpha value is -1.97.